The van der Waals surface area contributed by atoms with E-state index >= 15 is 0 Å². The van der Waals surface area contributed by atoms with Crippen molar-refractivity contribution in [3.63, 3.8) is 0 Å². The lowest BCUT2D eigenvalue weighted by Gasteiger charge is -2.14. The molecule has 1 atom stereocenters. The zero-order valence-corrected chi connectivity index (χ0v) is 8.89. The van der Waals surface area contributed by atoms with Crippen molar-refractivity contribution >= 4 is 0 Å². The van der Waals surface area contributed by atoms with E-state index in [1.807, 2.05) is 6.92 Å². The van der Waals surface area contributed by atoms with E-state index in [2.05, 4.69) is 0 Å². The Morgan fingerprint density at radius 2 is 2.07 bits per heavy atom. The number of rotatable bonds is 4. The molecule has 0 aromatic heterocycles. The summed E-state index contributed by atoms with van der Waals surface area (Å²) in [6.45, 7) is 1.91. The van der Waals surface area contributed by atoms with Crippen LogP contribution >= 0.6 is 0 Å². The van der Waals surface area contributed by atoms with Crippen LogP contribution in [0.3, 0.4) is 0 Å². The second-order valence-corrected chi connectivity index (χ2v) is 3.37. The van der Waals surface area contributed by atoms with Crippen molar-refractivity contribution in [1.82, 2.24) is 0 Å². The number of halogens is 2. The van der Waals surface area contributed by atoms with Gasteiger partial charge >= 0.3 is 0 Å². The Hall–Kier alpha value is -1.16. The fourth-order valence-corrected chi connectivity index (χ4v) is 1.50. The Morgan fingerprint density at radius 3 is 2.60 bits per heavy atom. The highest BCUT2D eigenvalue weighted by Crippen LogP contribution is 2.28. The molecule has 2 N–H and O–H groups in total. The summed E-state index contributed by atoms with van der Waals surface area (Å²) in [4.78, 5) is 0. The predicted octanol–water partition coefficient (Wildman–Crippen LogP) is 2.77. The maximum absolute atomic E-state index is 13.7. The normalized spacial score (nSPS) is 12.6. The monoisotopic (exact) mass is 215 g/mol. The molecular formula is C11H15F2NO. The Balaban J connectivity index is 3.14. The van der Waals surface area contributed by atoms with E-state index in [1.54, 1.807) is 0 Å². The molecular weight excluding hydrogens is 200 g/mol. The zero-order valence-electron chi connectivity index (χ0n) is 8.89. The molecule has 0 aliphatic heterocycles. The van der Waals surface area contributed by atoms with Gasteiger partial charge in [-0.2, -0.15) is 0 Å². The molecule has 1 rings (SSSR count). The van der Waals surface area contributed by atoms with Gasteiger partial charge in [-0.25, -0.2) is 8.78 Å². The van der Waals surface area contributed by atoms with Gasteiger partial charge in [0.05, 0.1) is 7.11 Å². The summed E-state index contributed by atoms with van der Waals surface area (Å²) in [5.41, 5.74) is 5.61. The van der Waals surface area contributed by atoms with Gasteiger partial charge in [-0.1, -0.05) is 13.3 Å². The minimum atomic E-state index is -0.696. The molecule has 1 aromatic carbocycles. The van der Waals surface area contributed by atoms with Crippen LogP contribution in [0, 0.1) is 11.6 Å². The van der Waals surface area contributed by atoms with Crippen LogP contribution in [0.1, 0.15) is 31.4 Å². The number of methoxy groups -OCH3 is 1. The minimum Gasteiger partial charge on any atom is -0.494 e. The third-order valence-corrected chi connectivity index (χ3v) is 2.28. The molecule has 0 saturated carbocycles. The first kappa shape index (κ1) is 11.9. The fraction of sp³-hybridized carbons (Fsp3) is 0.455. The van der Waals surface area contributed by atoms with E-state index in [0.29, 0.717) is 6.42 Å². The van der Waals surface area contributed by atoms with Gasteiger partial charge < -0.3 is 10.5 Å². The number of ether oxygens (including phenoxy) is 1. The summed E-state index contributed by atoms with van der Waals surface area (Å²) in [7, 11) is 1.34. The largest absolute Gasteiger partial charge is 0.494 e. The fourth-order valence-electron chi connectivity index (χ4n) is 1.50. The van der Waals surface area contributed by atoms with Crippen LogP contribution in [0.5, 0.6) is 5.75 Å². The Kier molecular flexibility index (Phi) is 4.03. The number of hydrogen-bond acceptors (Lipinski definition) is 2. The van der Waals surface area contributed by atoms with Crippen LogP contribution in [0.2, 0.25) is 0 Å². The topological polar surface area (TPSA) is 35.2 Å². The van der Waals surface area contributed by atoms with Crippen molar-refractivity contribution in [3.05, 3.63) is 29.3 Å². The molecule has 0 spiro atoms. The number of benzene rings is 1. The van der Waals surface area contributed by atoms with Gasteiger partial charge in [0, 0.05) is 11.6 Å². The molecule has 0 saturated heterocycles. The molecule has 1 aromatic rings. The summed E-state index contributed by atoms with van der Waals surface area (Å²) >= 11 is 0. The summed E-state index contributed by atoms with van der Waals surface area (Å²) in [5.74, 6) is -1.29. The van der Waals surface area contributed by atoms with Crippen LogP contribution < -0.4 is 10.5 Å². The third kappa shape index (κ3) is 2.45. The molecule has 0 radical (unpaired) electrons. The van der Waals surface area contributed by atoms with Gasteiger partial charge in [0.15, 0.2) is 11.6 Å². The summed E-state index contributed by atoms with van der Waals surface area (Å²) in [6.07, 6.45) is 1.32. The van der Waals surface area contributed by atoms with E-state index in [4.69, 9.17) is 10.5 Å². The van der Waals surface area contributed by atoms with Crippen molar-refractivity contribution in [2.45, 2.75) is 25.8 Å². The van der Waals surface area contributed by atoms with Gasteiger partial charge in [0.1, 0.15) is 5.82 Å². The van der Waals surface area contributed by atoms with Crippen molar-refractivity contribution in [2.75, 3.05) is 7.11 Å². The lowest BCUT2D eigenvalue weighted by molar-refractivity contribution is 0.376. The Morgan fingerprint density at radius 1 is 1.40 bits per heavy atom. The molecule has 0 unspecified atom stereocenters. The van der Waals surface area contributed by atoms with E-state index in [0.717, 1.165) is 6.42 Å². The first-order valence-corrected chi connectivity index (χ1v) is 4.89. The summed E-state index contributed by atoms with van der Waals surface area (Å²) < 4.78 is 31.8. The number of hydrogen-bond donors (Lipinski definition) is 1. The second kappa shape index (κ2) is 5.07. The van der Waals surface area contributed by atoms with E-state index in [1.165, 1.54) is 19.2 Å². The maximum Gasteiger partial charge on any atom is 0.172 e. The zero-order chi connectivity index (χ0) is 11.4. The van der Waals surface area contributed by atoms with Crippen molar-refractivity contribution in [1.29, 1.82) is 0 Å². The molecule has 0 amide bonds. The molecule has 15 heavy (non-hydrogen) atoms. The van der Waals surface area contributed by atoms with Crippen molar-refractivity contribution < 1.29 is 13.5 Å². The highest BCUT2D eigenvalue weighted by atomic mass is 19.1. The van der Waals surface area contributed by atoms with Crippen LogP contribution in [0.25, 0.3) is 0 Å². The molecule has 0 heterocycles. The number of nitrogens with two attached hydrogens (primary N) is 1. The Bertz CT molecular complexity index is 342. The summed E-state index contributed by atoms with van der Waals surface area (Å²) in [5, 5.41) is 0. The van der Waals surface area contributed by atoms with Crippen LogP contribution in [0.4, 0.5) is 8.78 Å². The van der Waals surface area contributed by atoms with E-state index in [9.17, 15) is 8.78 Å². The van der Waals surface area contributed by atoms with Crippen LogP contribution in [0.15, 0.2) is 12.1 Å². The molecule has 2 nitrogen and oxygen atoms in total. The van der Waals surface area contributed by atoms with E-state index in [-0.39, 0.29) is 11.3 Å². The smallest absolute Gasteiger partial charge is 0.172 e. The average molecular weight is 215 g/mol. The molecule has 0 fully saturated rings. The lowest BCUT2D eigenvalue weighted by Crippen LogP contribution is -2.14. The van der Waals surface area contributed by atoms with Gasteiger partial charge in [-0.15, -0.1) is 0 Å². The SMILES string of the molecule is CCC[C@@H](N)c1c(F)ccc(OC)c1F. The quantitative estimate of drug-likeness (QED) is 0.838. The van der Waals surface area contributed by atoms with Crippen LogP contribution in [-0.4, -0.2) is 7.11 Å². The van der Waals surface area contributed by atoms with Crippen molar-refractivity contribution in [3.8, 4) is 5.75 Å². The third-order valence-electron chi connectivity index (χ3n) is 2.28. The highest BCUT2D eigenvalue weighted by molar-refractivity contribution is 5.34. The van der Waals surface area contributed by atoms with Gasteiger partial charge in [0.25, 0.3) is 0 Å². The first-order chi connectivity index (χ1) is 7.11. The van der Waals surface area contributed by atoms with Gasteiger partial charge in [-0.3, -0.25) is 0 Å². The predicted molar refractivity (Wildman–Crippen MR) is 54.7 cm³/mol. The lowest BCUT2D eigenvalue weighted by atomic mass is 10.0. The standard InChI is InChI=1S/C11H15F2NO/c1-3-4-8(14)10-7(12)5-6-9(15-2)11(10)13/h5-6,8H,3-4,14H2,1-2H3/t8-/m1/s1. The minimum absolute atomic E-state index is 0.0259. The van der Waals surface area contributed by atoms with Crippen LogP contribution in [-0.2, 0) is 0 Å². The molecule has 0 bridgehead atoms. The average Bonchev–Trinajstić information content (AvgIpc) is 2.18. The maximum atomic E-state index is 13.7. The molecule has 84 valence electrons. The molecule has 4 heteroatoms. The Labute approximate surface area is 88.0 Å². The summed E-state index contributed by atoms with van der Waals surface area (Å²) in [6, 6.07) is 1.81. The van der Waals surface area contributed by atoms with Gasteiger partial charge in [0.2, 0.25) is 0 Å². The van der Waals surface area contributed by atoms with Crippen molar-refractivity contribution in [2.24, 2.45) is 5.73 Å². The van der Waals surface area contributed by atoms with E-state index < -0.39 is 17.7 Å². The highest BCUT2D eigenvalue weighted by Gasteiger charge is 2.19. The second-order valence-electron chi connectivity index (χ2n) is 3.37. The van der Waals surface area contributed by atoms with Gasteiger partial charge in [-0.05, 0) is 18.6 Å². The molecule has 0 aliphatic carbocycles. The molecule has 0 aliphatic rings. The first-order valence-electron chi connectivity index (χ1n) is 4.89.